The quantitative estimate of drug-likeness (QED) is 0.259. The maximum Gasteiger partial charge on any atom is 0.223 e. The number of halogens is 1. The van der Waals surface area contributed by atoms with Gasteiger partial charge in [-0.05, 0) is 12.3 Å². The molecule has 0 aromatic carbocycles. The van der Waals surface area contributed by atoms with E-state index in [1.807, 2.05) is 0 Å². The zero-order chi connectivity index (χ0) is 15.4. The lowest BCUT2D eigenvalue weighted by molar-refractivity contribution is -0.128. The fourth-order valence-electron chi connectivity index (χ4n) is 1.39. The molecule has 6 nitrogen and oxygen atoms in total. The summed E-state index contributed by atoms with van der Waals surface area (Å²) in [7, 11) is 5.22. The Kier molecular flexibility index (Phi) is 15.5. The zero-order valence-electron chi connectivity index (χ0n) is 13.9. The van der Waals surface area contributed by atoms with Crippen molar-refractivity contribution in [2.45, 2.75) is 26.7 Å². The smallest absolute Gasteiger partial charge is 0.223 e. The van der Waals surface area contributed by atoms with Crippen molar-refractivity contribution in [2.75, 3.05) is 47.4 Å². The van der Waals surface area contributed by atoms with Gasteiger partial charge in [0.1, 0.15) is 0 Å². The van der Waals surface area contributed by atoms with Gasteiger partial charge >= 0.3 is 0 Å². The first-order valence-corrected chi connectivity index (χ1v) is 7.19. The molecule has 0 aliphatic heterocycles. The lowest BCUT2D eigenvalue weighted by Gasteiger charge is -2.14. The number of amides is 1. The van der Waals surface area contributed by atoms with Crippen molar-refractivity contribution in [3.05, 3.63) is 0 Å². The SMILES string of the molecule is CN=C(NCCOCCC(C)C)NCCC(=O)N(C)C.I. The van der Waals surface area contributed by atoms with E-state index in [-0.39, 0.29) is 29.9 Å². The molecule has 0 atom stereocenters. The van der Waals surface area contributed by atoms with Crippen LogP contribution in [0.3, 0.4) is 0 Å². The molecule has 0 aromatic rings. The number of carbonyl (C=O) groups is 1. The van der Waals surface area contributed by atoms with Gasteiger partial charge in [-0.15, -0.1) is 24.0 Å². The minimum absolute atomic E-state index is 0. The summed E-state index contributed by atoms with van der Waals surface area (Å²) in [6.07, 6.45) is 1.54. The van der Waals surface area contributed by atoms with Crippen LogP contribution in [0.4, 0.5) is 0 Å². The van der Waals surface area contributed by atoms with Gasteiger partial charge in [0.2, 0.25) is 5.91 Å². The van der Waals surface area contributed by atoms with Gasteiger partial charge in [0.15, 0.2) is 5.96 Å². The van der Waals surface area contributed by atoms with Gasteiger partial charge in [0.05, 0.1) is 6.61 Å². The number of nitrogens with zero attached hydrogens (tertiary/aromatic N) is 2. The third kappa shape index (κ3) is 14.1. The molecular weight excluding hydrogens is 383 g/mol. The van der Waals surface area contributed by atoms with E-state index >= 15 is 0 Å². The predicted octanol–water partition coefficient (Wildman–Crippen LogP) is 1.31. The molecule has 1 amide bonds. The van der Waals surface area contributed by atoms with Gasteiger partial charge in [-0.25, -0.2) is 0 Å². The van der Waals surface area contributed by atoms with Crippen LogP contribution in [-0.2, 0) is 9.53 Å². The third-order valence-electron chi connectivity index (χ3n) is 2.73. The largest absolute Gasteiger partial charge is 0.380 e. The number of rotatable bonds is 9. The molecule has 0 fully saturated rings. The van der Waals surface area contributed by atoms with Crippen LogP contribution in [-0.4, -0.2) is 64.2 Å². The standard InChI is InChI=1S/C14H30N4O2.HI/c1-12(2)7-10-20-11-9-17-14(15-3)16-8-6-13(19)18(4)5;/h12H,6-11H2,1-5H3,(H2,15,16,17);1H. The summed E-state index contributed by atoms with van der Waals surface area (Å²) < 4.78 is 5.51. The summed E-state index contributed by atoms with van der Waals surface area (Å²) in [5.41, 5.74) is 0. The summed E-state index contributed by atoms with van der Waals surface area (Å²) in [5.74, 6) is 1.47. The van der Waals surface area contributed by atoms with Gasteiger partial charge in [0.25, 0.3) is 0 Å². The van der Waals surface area contributed by atoms with Crippen molar-refractivity contribution in [1.82, 2.24) is 15.5 Å². The first-order valence-electron chi connectivity index (χ1n) is 7.19. The van der Waals surface area contributed by atoms with Crippen molar-refractivity contribution < 1.29 is 9.53 Å². The minimum Gasteiger partial charge on any atom is -0.380 e. The van der Waals surface area contributed by atoms with E-state index in [1.165, 1.54) is 0 Å². The van der Waals surface area contributed by atoms with Crippen molar-refractivity contribution in [2.24, 2.45) is 10.9 Å². The van der Waals surface area contributed by atoms with Crippen molar-refractivity contribution in [1.29, 1.82) is 0 Å². The molecule has 0 bridgehead atoms. The fraction of sp³-hybridized carbons (Fsp3) is 0.857. The number of hydrogen-bond acceptors (Lipinski definition) is 3. The minimum atomic E-state index is 0. The Morgan fingerprint density at radius 1 is 1.19 bits per heavy atom. The molecule has 0 unspecified atom stereocenters. The molecule has 0 aromatic heterocycles. The van der Waals surface area contributed by atoms with E-state index in [0.29, 0.717) is 38.0 Å². The number of nitrogens with one attached hydrogen (secondary N) is 2. The summed E-state index contributed by atoms with van der Waals surface area (Å²) in [6.45, 7) is 7.10. The average Bonchev–Trinajstić information content (AvgIpc) is 2.39. The van der Waals surface area contributed by atoms with Gasteiger partial charge < -0.3 is 20.3 Å². The van der Waals surface area contributed by atoms with E-state index in [2.05, 4.69) is 29.5 Å². The number of hydrogen-bond donors (Lipinski definition) is 2. The maximum absolute atomic E-state index is 11.4. The van der Waals surface area contributed by atoms with Crippen LogP contribution in [0.25, 0.3) is 0 Å². The molecule has 2 N–H and O–H groups in total. The molecule has 0 heterocycles. The molecule has 0 saturated heterocycles. The second-order valence-corrected chi connectivity index (χ2v) is 5.26. The number of aliphatic imine (C=N–C) groups is 1. The Morgan fingerprint density at radius 3 is 2.33 bits per heavy atom. The molecule has 0 rings (SSSR count). The zero-order valence-corrected chi connectivity index (χ0v) is 16.3. The monoisotopic (exact) mass is 414 g/mol. The number of carbonyl (C=O) groups excluding carboxylic acids is 1. The highest BCUT2D eigenvalue weighted by Gasteiger charge is 2.04. The van der Waals surface area contributed by atoms with Gasteiger partial charge in [0, 0.05) is 47.3 Å². The second-order valence-electron chi connectivity index (χ2n) is 5.26. The molecule has 0 aliphatic rings. The van der Waals surface area contributed by atoms with Crippen LogP contribution < -0.4 is 10.6 Å². The van der Waals surface area contributed by atoms with Crippen LogP contribution in [0.5, 0.6) is 0 Å². The molecule has 0 saturated carbocycles. The van der Waals surface area contributed by atoms with E-state index in [0.717, 1.165) is 13.0 Å². The highest BCUT2D eigenvalue weighted by molar-refractivity contribution is 14.0. The predicted molar refractivity (Wildman–Crippen MR) is 98.4 cm³/mol. The van der Waals surface area contributed by atoms with Gasteiger partial charge in [-0.3, -0.25) is 9.79 Å². The first kappa shape index (κ1) is 22.7. The van der Waals surface area contributed by atoms with E-state index in [9.17, 15) is 4.79 Å². The fourth-order valence-corrected chi connectivity index (χ4v) is 1.39. The lowest BCUT2D eigenvalue weighted by Crippen LogP contribution is -2.40. The Morgan fingerprint density at radius 2 is 1.81 bits per heavy atom. The first-order chi connectivity index (χ1) is 9.47. The summed E-state index contributed by atoms with van der Waals surface area (Å²) in [4.78, 5) is 17.1. The Bertz CT molecular complexity index is 297. The number of ether oxygens (including phenoxy) is 1. The highest BCUT2D eigenvalue weighted by atomic mass is 127. The van der Waals surface area contributed by atoms with Crippen molar-refractivity contribution in [3.8, 4) is 0 Å². The van der Waals surface area contributed by atoms with Crippen LogP contribution in [0.2, 0.25) is 0 Å². The van der Waals surface area contributed by atoms with E-state index < -0.39 is 0 Å². The van der Waals surface area contributed by atoms with Crippen molar-refractivity contribution >= 4 is 35.8 Å². The third-order valence-corrected chi connectivity index (χ3v) is 2.73. The Hall–Kier alpha value is -0.570. The van der Waals surface area contributed by atoms with E-state index in [4.69, 9.17) is 4.74 Å². The number of guanidine groups is 1. The average molecular weight is 414 g/mol. The van der Waals surface area contributed by atoms with Crippen LogP contribution in [0.15, 0.2) is 4.99 Å². The summed E-state index contributed by atoms with van der Waals surface area (Å²) in [5, 5.41) is 6.25. The Labute approximate surface area is 146 Å². The Balaban J connectivity index is 0. The highest BCUT2D eigenvalue weighted by Crippen LogP contribution is 1.98. The van der Waals surface area contributed by atoms with Crippen molar-refractivity contribution in [3.63, 3.8) is 0 Å². The molecular formula is C14H31IN4O2. The summed E-state index contributed by atoms with van der Waals surface area (Å²) in [6, 6.07) is 0. The molecule has 126 valence electrons. The lowest BCUT2D eigenvalue weighted by atomic mass is 10.1. The van der Waals surface area contributed by atoms with Crippen LogP contribution in [0, 0.1) is 5.92 Å². The molecule has 21 heavy (non-hydrogen) atoms. The molecule has 7 heteroatoms. The maximum atomic E-state index is 11.4. The van der Waals surface area contributed by atoms with Gasteiger partial charge in [-0.2, -0.15) is 0 Å². The topological polar surface area (TPSA) is 66.0 Å². The normalized spacial score (nSPS) is 11.0. The second kappa shape index (κ2) is 14.4. The van der Waals surface area contributed by atoms with E-state index in [1.54, 1.807) is 26.0 Å². The molecule has 0 radical (unpaired) electrons. The van der Waals surface area contributed by atoms with Crippen LogP contribution in [0.1, 0.15) is 26.7 Å². The summed E-state index contributed by atoms with van der Waals surface area (Å²) >= 11 is 0. The van der Waals surface area contributed by atoms with Crippen LogP contribution >= 0.6 is 24.0 Å². The molecule has 0 spiro atoms. The van der Waals surface area contributed by atoms with Gasteiger partial charge in [-0.1, -0.05) is 13.8 Å². The molecule has 0 aliphatic carbocycles.